The van der Waals surface area contributed by atoms with E-state index in [1.54, 1.807) is 18.6 Å². The van der Waals surface area contributed by atoms with Crippen molar-refractivity contribution in [2.24, 2.45) is 0 Å². The molecular formula is C17H18N4O2S. The summed E-state index contributed by atoms with van der Waals surface area (Å²) in [6.07, 6.45) is 9.48. The smallest absolute Gasteiger partial charge is 0.274 e. The molecule has 2 aromatic rings. The van der Waals surface area contributed by atoms with Crippen LogP contribution in [0.15, 0.2) is 43.1 Å². The highest BCUT2D eigenvalue weighted by Gasteiger charge is 2.51. The van der Waals surface area contributed by atoms with E-state index in [0.29, 0.717) is 12.3 Å². The number of hydrogen-bond acceptors (Lipinski definition) is 6. The second kappa shape index (κ2) is 6.49. The summed E-state index contributed by atoms with van der Waals surface area (Å²) in [4.78, 5) is 26.3. The van der Waals surface area contributed by atoms with Crippen molar-refractivity contribution < 1.29 is 9.53 Å². The van der Waals surface area contributed by atoms with Crippen molar-refractivity contribution >= 4 is 17.7 Å². The molecule has 4 heterocycles. The highest BCUT2D eigenvalue weighted by atomic mass is 32.2. The molecule has 2 aliphatic rings. The average Bonchev–Trinajstić information content (AvgIpc) is 3.04. The first kappa shape index (κ1) is 15.5. The Kier molecular flexibility index (Phi) is 4.20. The minimum absolute atomic E-state index is 0.0333. The molecule has 0 radical (unpaired) electrons. The van der Waals surface area contributed by atoms with Gasteiger partial charge in [0.05, 0.1) is 23.7 Å². The number of hydrogen-bond donors (Lipinski definition) is 0. The number of pyridine rings is 1. The molecule has 1 spiro atoms. The van der Waals surface area contributed by atoms with Crippen LogP contribution < -0.4 is 0 Å². The minimum Gasteiger partial charge on any atom is -0.373 e. The first-order valence-electron chi connectivity index (χ1n) is 7.94. The second-order valence-corrected chi connectivity index (χ2v) is 7.73. The lowest BCUT2D eigenvalue weighted by Crippen LogP contribution is -2.60. The molecule has 0 unspecified atom stereocenters. The number of amides is 1. The van der Waals surface area contributed by atoms with E-state index >= 15 is 0 Å². The molecule has 1 atom stereocenters. The molecule has 2 aliphatic heterocycles. The van der Waals surface area contributed by atoms with Gasteiger partial charge in [-0.25, -0.2) is 4.98 Å². The Morgan fingerprint density at radius 2 is 2.17 bits per heavy atom. The van der Waals surface area contributed by atoms with Crippen LogP contribution in [0.2, 0.25) is 0 Å². The van der Waals surface area contributed by atoms with E-state index in [9.17, 15) is 4.79 Å². The number of likely N-dealkylation sites (tertiary alicyclic amines) is 1. The molecular weight excluding hydrogens is 324 g/mol. The van der Waals surface area contributed by atoms with Gasteiger partial charge >= 0.3 is 0 Å². The van der Waals surface area contributed by atoms with E-state index in [4.69, 9.17) is 4.74 Å². The van der Waals surface area contributed by atoms with E-state index in [2.05, 4.69) is 15.0 Å². The normalized spacial score (nSPS) is 21.7. The average molecular weight is 342 g/mol. The highest BCUT2D eigenvalue weighted by Crippen LogP contribution is 2.46. The van der Waals surface area contributed by atoms with E-state index in [1.807, 2.05) is 35.0 Å². The molecule has 2 fully saturated rings. The van der Waals surface area contributed by atoms with Crippen molar-refractivity contribution in [3.05, 3.63) is 54.4 Å². The van der Waals surface area contributed by atoms with Gasteiger partial charge in [0.25, 0.3) is 5.91 Å². The number of nitrogens with zero attached hydrogens (tertiary/aromatic N) is 4. The number of aromatic nitrogens is 3. The summed E-state index contributed by atoms with van der Waals surface area (Å²) in [7, 11) is 0. The first-order valence-corrected chi connectivity index (χ1v) is 8.92. The SMILES string of the molecule is O=C(c1cnccn1)N1CC2(C[C@@H](OCc3cccnc3)CS2)C1. The summed E-state index contributed by atoms with van der Waals surface area (Å²) >= 11 is 1.92. The zero-order valence-corrected chi connectivity index (χ0v) is 14.0. The van der Waals surface area contributed by atoms with Crippen LogP contribution in [0.5, 0.6) is 0 Å². The van der Waals surface area contributed by atoms with Crippen LogP contribution in [0.4, 0.5) is 0 Å². The van der Waals surface area contributed by atoms with Crippen LogP contribution in [0.1, 0.15) is 22.5 Å². The van der Waals surface area contributed by atoms with E-state index < -0.39 is 0 Å². The molecule has 6 nitrogen and oxygen atoms in total. The Morgan fingerprint density at radius 1 is 1.29 bits per heavy atom. The molecule has 4 rings (SSSR count). The van der Waals surface area contributed by atoms with E-state index in [-0.39, 0.29) is 16.8 Å². The molecule has 0 aromatic carbocycles. The first-order chi connectivity index (χ1) is 11.7. The molecule has 7 heteroatoms. The summed E-state index contributed by atoms with van der Waals surface area (Å²) in [6.45, 7) is 2.12. The molecule has 0 aliphatic carbocycles. The van der Waals surface area contributed by atoms with Crippen LogP contribution in [-0.2, 0) is 11.3 Å². The molecule has 1 amide bonds. The van der Waals surface area contributed by atoms with Gasteiger partial charge in [0.15, 0.2) is 0 Å². The van der Waals surface area contributed by atoms with Gasteiger partial charge in [-0.3, -0.25) is 14.8 Å². The summed E-state index contributed by atoms with van der Waals surface area (Å²) in [5, 5.41) is 0. The lowest BCUT2D eigenvalue weighted by atomic mass is 9.92. The molecule has 124 valence electrons. The molecule has 2 aromatic heterocycles. The van der Waals surface area contributed by atoms with Crippen molar-refractivity contribution in [1.82, 2.24) is 19.9 Å². The predicted molar refractivity (Wildman–Crippen MR) is 90.6 cm³/mol. The number of ether oxygens (including phenoxy) is 1. The topological polar surface area (TPSA) is 68.2 Å². The predicted octanol–water partition coefficient (Wildman–Crippen LogP) is 1.79. The Hall–Kier alpha value is -1.99. The Balaban J connectivity index is 1.28. The number of rotatable bonds is 4. The zero-order chi connectivity index (χ0) is 16.4. The maximum Gasteiger partial charge on any atom is 0.274 e. The monoisotopic (exact) mass is 342 g/mol. The maximum atomic E-state index is 12.3. The summed E-state index contributed by atoms with van der Waals surface area (Å²) in [6, 6.07) is 3.95. The van der Waals surface area contributed by atoms with Crippen LogP contribution in [0.3, 0.4) is 0 Å². The van der Waals surface area contributed by atoms with Crippen LogP contribution in [0.25, 0.3) is 0 Å². The number of thioether (sulfide) groups is 1. The lowest BCUT2D eigenvalue weighted by molar-refractivity contribution is 0.0252. The van der Waals surface area contributed by atoms with Crippen molar-refractivity contribution in [1.29, 1.82) is 0 Å². The summed E-state index contributed by atoms with van der Waals surface area (Å²) in [5.41, 5.74) is 1.51. The second-order valence-electron chi connectivity index (χ2n) is 6.24. The Morgan fingerprint density at radius 3 is 2.92 bits per heavy atom. The molecule has 0 bridgehead atoms. The summed E-state index contributed by atoms with van der Waals surface area (Å²) in [5.74, 6) is 0.946. The van der Waals surface area contributed by atoms with Crippen LogP contribution >= 0.6 is 11.8 Å². The van der Waals surface area contributed by atoms with Crippen molar-refractivity contribution in [3.8, 4) is 0 Å². The van der Waals surface area contributed by atoms with Gasteiger partial charge in [-0.1, -0.05) is 6.07 Å². The fraction of sp³-hybridized carbons (Fsp3) is 0.412. The third kappa shape index (κ3) is 3.14. The third-order valence-corrected chi connectivity index (χ3v) is 5.99. The fourth-order valence-corrected chi connectivity index (χ4v) is 4.74. The Bertz CT molecular complexity index is 707. The molecule has 24 heavy (non-hydrogen) atoms. The fourth-order valence-electron chi connectivity index (χ4n) is 3.19. The van der Waals surface area contributed by atoms with Gasteiger partial charge in [-0.05, 0) is 18.1 Å². The third-order valence-electron chi connectivity index (χ3n) is 4.41. The van der Waals surface area contributed by atoms with Crippen molar-refractivity contribution in [3.63, 3.8) is 0 Å². The zero-order valence-electron chi connectivity index (χ0n) is 13.2. The van der Waals surface area contributed by atoms with E-state index in [1.165, 1.54) is 6.20 Å². The number of carbonyl (C=O) groups excluding carboxylic acids is 1. The van der Waals surface area contributed by atoms with Crippen LogP contribution in [-0.4, -0.2) is 55.5 Å². The van der Waals surface area contributed by atoms with Crippen molar-refractivity contribution in [2.45, 2.75) is 23.9 Å². The van der Waals surface area contributed by atoms with Crippen molar-refractivity contribution in [2.75, 3.05) is 18.8 Å². The van der Waals surface area contributed by atoms with E-state index in [0.717, 1.165) is 30.8 Å². The van der Waals surface area contributed by atoms with Gasteiger partial charge < -0.3 is 9.64 Å². The standard InChI is InChI=1S/C17H18N4O2S/c22-16(15-8-19-4-5-20-15)21-11-17(12-21)6-14(10-24-17)23-9-13-2-1-3-18-7-13/h1-5,7-8,14H,6,9-12H2/t14-/m1/s1. The largest absolute Gasteiger partial charge is 0.373 e. The molecule has 0 N–H and O–H groups in total. The molecule has 2 saturated heterocycles. The van der Waals surface area contributed by atoms with Gasteiger partial charge in [-0.15, -0.1) is 11.8 Å². The van der Waals surface area contributed by atoms with Gasteiger partial charge in [0.2, 0.25) is 0 Å². The van der Waals surface area contributed by atoms with Gasteiger partial charge in [0.1, 0.15) is 5.69 Å². The quantitative estimate of drug-likeness (QED) is 0.844. The highest BCUT2D eigenvalue weighted by molar-refractivity contribution is 8.01. The lowest BCUT2D eigenvalue weighted by Gasteiger charge is -2.47. The summed E-state index contributed by atoms with van der Waals surface area (Å²) < 4.78 is 6.16. The number of carbonyl (C=O) groups is 1. The maximum absolute atomic E-state index is 12.3. The van der Waals surface area contributed by atoms with Gasteiger partial charge in [-0.2, -0.15) is 0 Å². The van der Waals surface area contributed by atoms with Crippen LogP contribution in [0, 0.1) is 0 Å². The van der Waals surface area contributed by atoms with Gasteiger partial charge in [0, 0.05) is 43.6 Å². The Labute approximate surface area is 144 Å². The minimum atomic E-state index is -0.0333. The molecule has 0 saturated carbocycles.